The Balaban J connectivity index is 2.13. The lowest BCUT2D eigenvalue weighted by molar-refractivity contribution is -0.385. The van der Waals surface area contributed by atoms with Gasteiger partial charge in [0.05, 0.1) is 22.1 Å². The van der Waals surface area contributed by atoms with E-state index in [2.05, 4.69) is 10.6 Å². The van der Waals surface area contributed by atoms with Crippen molar-refractivity contribution in [3.8, 4) is 5.75 Å². The number of rotatable bonds is 6. The first kappa shape index (κ1) is 21.1. The maximum Gasteiger partial charge on any atom is 0.337 e. The number of carbonyl (C=O) groups excluding carboxylic acids is 1. The Kier molecular flexibility index (Phi) is 6.85. The summed E-state index contributed by atoms with van der Waals surface area (Å²) in [7, 11) is 0. The van der Waals surface area contributed by atoms with Crippen LogP contribution in [0.1, 0.15) is 27.6 Å². The van der Waals surface area contributed by atoms with Crippen molar-refractivity contribution in [2.45, 2.75) is 6.92 Å². The van der Waals surface area contributed by atoms with Crippen LogP contribution in [0.2, 0.25) is 5.02 Å². The van der Waals surface area contributed by atoms with Crippen LogP contribution in [0.4, 0.5) is 11.4 Å². The predicted octanol–water partition coefficient (Wildman–Crippen LogP) is 3.47. The Morgan fingerprint density at radius 2 is 2.00 bits per heavy atom. The third-order valence-corrected chi connectivity index (χ3v) is 3.93. The number of hydrogen-bond acceptors (Lipinski definition) is 6. The van der Waals surface area contributed by atoms with Crippen molar-refractivity contribution in [1.29, 1.82) is 0 Å². The molecule has 0 aliphatic heterocycles. The van der Waals surface area contributed by atoms with Gasteiger partial charge >= 0.3 is 11.7 Å². The molecule has 0 atom stereocenters. The molecule has 9 nitrogen and oxygen atoms in total. The van der Waals surface area contributed by atoms with E-state index in [9.17, 15) is 19.7 Å². The summed E-state index contributed by atoms with van der Waals surface area (Å²) in [5, 5.41) is 25.2. The molecule has 11 heteroatoms. The predicted molar refractivity (Wildman–Crippen MR) is 106 cm³/mol. The summed E-state index contributed by atoms with van der Waals surface area (Å²) in [6.07, 6.45) is 0. The average Bonchev–Trinajstić information content (AvgIpc) is 2.63. The minimum atomic E-state index is -1.22. The number of nitrogens with zero attached hydrogens (tertiary/aromatic N) is 1. The van der Waals surface area contributed by atoms with Crippen LogP contribution in [0, 0.1) is 10.1 Å². The number of anilines is 1. The zero-order chi connectivity index (χ0) is 20.8. The van der Waals surface area contributed by atoms with Crippen LogP contribution in [0.3, 0.4) is 0 Å². The van der Waals surface area contributed by atoms with Gasteiger partial charge in [0.2, 0.25) is 0 Å². The van der Waals surface area contributed by atoms with Crippen LogP contribution in [0.25, 0.3) is 0 Å². The van der Waals surface area contributed by atoms with Gasteiger partial charge in [0, 0.05) is 17.3 Å². The summed E-state index contributed by atoms with van der Waals surface area (Å²) in [4.78, 5) is 33.9. The average molecular weight is 424 g/mol. The van der Waals surface area contributed by atoms with Gasteiger partial charge in [-0.3, -0.25) is 20.2 Å². The third kappa shape index (κ3) is 5.15. The smallest absolute Gasteiger partial charge is 0.337 e. The highest BCUT2D eigenvalue weighted by Crippen LogP contribution is 2.28. The van der Waals surface area contributed by atoms with E-state index >= 15 is 0 Å². The Hall–Kier alpha value is -3.24. The maximum atomic E-state index is 12.3. The quantitative estimate of drug-likeness (QED) is 0.365. The number of nitro groups is 1. The molecular weight excluding hydrogens is 410 g/mol. The van der Waals surface area contributed by atoms with Gasteiger partial charge in [-0.15, -0.1) is 0 Å². The SMILES string of the molecule is CCOc1ccc(C(=O)NC(=S)Nc2ccc(Cl)c(C(=O)O)c2)cc1[N+](=O)[O-]. The van der Waals surface area contributed by atoms with Crippen LogP contribution in [0.15, 0.2) is 36.4 Å². The summed E-state index contributed by atoms with van der Waals surface area (Å²) in [6, 6.07) is 7.87. The van der Waals surface area contributed by atoms with Crippen LogP contribution < -0.4 is 15.4 Å². The van der Waals surface area contributed by atoms with E-state index in [1.807, 2.05) is 0 Å². The molecule has 1 amide bonds. The largest absolute Gasteiger partial charge is 0.487 e. The Labute approximate surface area is 169 Å². The number of hydrogen-bond donors (Lipinski definition) is 3. The second-order valence-electron chi connectivity index (χ2n) is 5.28. The van der Waals surface area contributed by atoms with Crippen molar-refractivity contribution in [1.82, 2.24) is 5.32 Å². The molecule has 2 aromatic rings. The number of thiocarbonyl (C=S) groups is 1. The van der Waals surface area contributed by atoms with E-state index < -0.39 is 16.8 Å². The number of halogens is 1. The molecule has 2 aromatic carbocycles. The summed E-state index contributed by atoms with van der Waals surface area (Å²) >= 11 is 10.8. The molecule has 146 valence electrons. The Morgan fingerprint density at radius 1 is 1.29 bits per heavy atom. The van der Waals surface area contributed by atoms with Gasteiger partial charge in [-0.2, -0.15) is 0 Å². The number of benzene rings is 2. The second kappa shape index (κ2) is 9.11. The van der Waals surface area contributed by atoms with Gasteiger partial charge in [-0.1, -0.05) is 11.6 Å². The fourth-order valence-electron chi connectivity index (χ4n) is 2.18. The highest BCUT2D eigenvalue weighted by molar-refractivity contribution is 7.80. The van der Waals surface area contributed by atoms with Crippen molar-refractivity contribution in [3.05, 3.63) is 62.7 Å². The number of aromatic carboxylic acids is 1. The molecule has 0 aromatic heterocycles. The van der Waals surface area contributed by atoms with Crippen molar-refractivity contribution in [2.24, 2.45) is 0 Å². The van der Waals surface area contributed by atoms with Crippen LogP contribution in [-0.2, 0) is 0 Å². The highest BCUT2D eigenvalue weighted by Gasteiger charge is 2.19. The molecular formula is C17H14ClN3O6S. The summed E-state index contributed by atoms with van der Waals surface area (Å²) in [5.74, 6) is -1.85. The van der Waals surface area contributed by atoms with Gasteiger partial charge in [-0.05, 0) is 49.5 Å². The van der Waals surface area contributed by atoms with E-state index in [4.69, 9.17) is 33.7 Å². The van der Waals surface area contributed by atoms with Crippen LogP contribution in [0.5, 0.6) is 5.75 Å². The number of amides is 1. The molecule has 0 fully saturated rings. The standard InChI is InChI=1S/C17H14ClN3O6S/c1-2-27-14-6-3-9(7-13(14)21(25)26)15(22)20-17(28)19-10-4-5-12(18)11(8-10)16(23)24/h3-8H,2H2,1H3,(H,23,24)(H2,19,20,22,28). The number of ether oxygens (including phenoxy) is 1. The minimum absolute atomic E-state index is 0.00151. The molecule has 0 bridgehead atoms. The van der Waals surface area contributed by atoms with Crippen molar-refractivity contribution in [3.63, 3.8) is 0 Å². The van der Waals surface area contributed by atoms with E-state index in [1.54, 1.807) is 6.92 Å². The minimum Gasteiger partial charge on any atom is -0.487 e. The third-order valence-electron chi connectivity index (χ3n) is 3.40. The zero-order valence-corrected chi connectivity index (χ0v) is 16.0. The van der Waals surface area contributed by atoms with Crippen molar-refractivity contribution in [2.75, 3.05) is 11.9 Å². The molecule has 28 heavy (non-hydrogen) atoms. The van der Waals surface area contributed by atoms with E-state index in [0.717, 1.165) is 6.07 Å². The lowest BCUT2D eigenvalue weighted by atomic mass is 10.1. The topological polar surface area (TPSA) is 131 Å². The van der Waals surface area contributed by atoms with Crippen LogP contribution in [-0.4, -0.2) is 33.6 Å². The number of carboxylic acid groups (broad SMARTS) is 1. The molecule has 0 heterocycles. The molecule has 0 saturated heterocycles. The summed E-state index contributed by atoms with van der Waals surface area (Å²) < 4.78 is 5.16. The molecule has 3 N–H and O–H groups in total. The number of nitrogens with one attached hydrogen (secondary N) is 2. The lowest BCUT2D eigenvalue weighted by Gasteiger charge is -2.11. The van der Waals surface area contributed by atoms with E-state index in [-0.39, 0.29) is 39.3 Å². The Morgan fingerprint density at radius 3 is 2.61 bits per heavy atom. The second-order valence-corrected chi connectivity index (χ2v) is 6.10. The maximum absolute atomic E-state index is 12.3. The van der Waals surface area contributed by atoms with Crippen molar-refractivity contribution >= 4 is 52.2 Å². The van der Waals surface area contributed by atoms with Crippen LogP contribution >= 0.6 is 23.8 Å². The van der Waals surface area contributed by atoms with Gasteiger partial charge < -0.3 is 15.2 Å². The Bertz CT molecular complexity index is 966. The number of carboxylic acids is 1. The van der Waals surface area contributed by atoms with Crippen molar-refractivity contribution < 1.29 is 24.4 Å². The fraction of sp³-hybridized carbons (Fsp3) is 0.118. The van der Waals surface area contributed by atoms with E-state index in [1.165, 1.54) is 30.3 Å². The molecule has 0 saturated carbocycles. The number of carbonyl (C=O) groups is 2. The molecule has 0 aliphatic rings. The van der Waals surface area contributed by atoms with E-state index in [0.29, 0.717) is 5.69 Å². The molecule has 0 spiro atoms. The van der Waals surface area contributed by atoms with Gasteiger partial charge in [0.25, 0.3) is 5.91 Å². The highest BCUT2D eigenvalue weighted by atomic mass is 35.5. The first-order chi connectivity index (χ1) is 13.2. The first-order valence-electron chi connectivity index (χ1n) is 7.79. The first-order valence-corrected chi connectivity index (χ1v) is 8.58. The zero-order valence-electron chi connectivity index (χ0n) is 14.4. The molecule has 0 unspecified atom stereocenters. The lowest BCUT2D eigenvalue weighted by Crippen LogP contribution is -2.34. The molecule has 0 aliphatic carbocycles. The molecule has 2 rings (SSSR count). The summed E-state index contributed by atoms with van der Waals surface area (Å²) in [6.45, 7) is 1.92. The normalized spacial score (nSPS) is 10.1. The number of nitro benzene ring substituents is 1. The van der Waals surface area contributed by atoms with Gasteiger partial charge in [0.15, 0.2) is 10.9 Å². The monoisotopic (exact) mass is 423 g/mol. The molecule has 0 radical (unpaired) electrons. The van der Waals surface area contributed by atoms with Gasteiger partial charge in [0.1, 0.15) is 0 Å². The fourth-order valence-corrected chi connectivity index (χ4v) is 2.59. The summed E-state index contributed by atoms with van der Waals surface area (Å²) in [5.41, 5.74) is -0.188. The van der Waals surface area contributed by atoms with Gasteiger partial charge in [-0.25, -0.2) is 4.79 Å².